The lowest BCUT2D eigenvalue weighted by Gasteiger charge is -2.16. The van der Waals surface area contributed by atoms with Gasteiger partial charge in [0.25, 0.3) is 5.91 Å². The van der Waals surface area contributed by atoms with E-state index in [-0.39, 0.29) is 11.5 Å². The normalized spacial score (nSPS) is 15.3. The zero-order chi connectivity index (χ0) is 19.4. The van der Waals surface area contributed by atoms with Crippen molar-refractivity contribution in [1.82, 2.24) is 0 Å². The molecule has 3 rings (SSSR count). The van der Waals surface area contributed by atoms with Crippen LogP contribution in [0.3, 0.4) is 0 Å². The molecule has 1 fully saturated rings. The second-order valence-electron chi connectivity index (χ2n) is 5.49. The standard InChI is InChI=1S/C20H15NO4S2/c1-2-10-25-16-9-4-3-6-13(16)12-17-18(22)21(20(26)27-17)15-8-5-7-14(11-15)19(23)24/h2-9,11-12H,1,10H2,(H,23,24)/p-1/b17-12-. The molecule has 0 N–H and O–H groups in total. The van der Waals surface area contributed by atoms with Crippen LogP contribution < -0.4 is 14.7 Å². The van der Waals surface area contributed by atoms with Gasteiger partial charge in [-0.1, -0.05) is 67.0 Å². The number of carbonyl (C=O) groups is 2. The molecule has 0 unspecified atom stereocenters. The zero-order valence-corrected chi connectivity index (χ0v) is 15.7. The van der Waals surface area contributed by atoms with Gasteiger partial charge in [-0.05, 0) is 29.8 Å². The van der Waals surface area contributed by atoms with Crippen LogP contribution in [0.25, 0.3) is 6.08 Å². The number of nitrogens with zero attached hydrogens (tertiary/aromatic N) is 1. The minimum Gasteiger partial charge on any atom is -0.545 e. The Morgan fingerprint density at radius 2 is 2.04 bits per heavy atom. The van der Waals surface area contributed by atoms with Gasteiger partial charge in [0, 0.05) is 5.56 Å². The van der Waals surface area contributed by atoms with Crippen molar-refractivity contribution in [3.63, 3.8) is 0 Å². The summed E-state index contributed by atoms with van der Waals surface area (Å²) in [4.78, 5) is 25.7. The lowest BCUT2D eigenvalue weighted by atomic mass is 10.1. The average molecular weight is 396 g/mol. The van der Waals surface area contributed by atoms with Crippen LogP contribution in [0.5, 0.6) is 5.75 Å². The van der Waals surface area contributed by atoms with Gasteiger partial charge in [0.15, 0.2) is 4.32 Å². The highest BCUT2D eigenvalue weighted by molar-refractivity contribution is 8.27. The Morgan fingerprint density at radius 1 is 1.26 bits per heavy atom. The van der Waals surface area contributed by atoms with Crippen molar-refractivity contribution in [3.05, 3.63) is 77.2 Å². The summed E-state index contributed by atoms with van der Waals surface area (Å²) in [5.74, 6) is -1.01. The Labute approximate surface area is 165 Å². The van der Waals surface area contributed by atoms with Crippen LogP contribution in [-0.2, 0) is 4.79 Å². The molecule has 0 spiro atoms. The molecule has 0 atom stereocenters. The van der Waals surface area contributed by atoms with Crippen LogP contribution in [0.2, 0.25) is 0 Å². The summed E-state index contributed by atoms with van der Waals surface area (Å²) >= 11 is 6.47. The predicted molar refractivity (Wildman–Crippen MR) is 109 cm³/mol. The van der Waals surface area contributed by atoms with Gasteiger partial charge < -0.3 is 14.6 Å². The van der Waals surface area contributed by atoms with Crippen molar-refractivity contribution in [1.29, 1.82) is 0 Å². The number of thiocarbonyl (C=S) groups is 1. The van der Waals surface area contributed by atoms with Gasteiger partial charge in [0.05, 0.1) is 16.6 Å². The Kier molecular flexibility index (Phi) is 5.73. The van der Waals surface area contributed by atoms with E-state index in [1.54, 1.807) is 30.4 Å². The smallest absolute Gasteiger partial charge is 0.270 e. The van der Waals surface area contributed by atoms with Crippen LogP contribution in [0.1, 0.15) is 15.9 Å². The van der Waals surface area contributed by atoms with Crippen LogP contribution >= 0.6 is 24.0 Å². The number of carbonyl (C=O) groups excluding carboxylic acids is 2. The van der Waals surface area contributed by atoms with Crippen molar-refractivity contribution >= 4 is 51.9 Å². The van der Waals surface area contributed by atoms with Crippen molar-refractivity contribution in [2.75, 3.05) is 11.5 Å². The fraction of sp³-hybridized carbons (Fsp3) is 0.0500. The molecule has 0 aliphatic carbocycles. The fourth-order valence-corrected chi connectivity index (χ4v) is 3.77. The van der Waals surface area contributed by atoms with Gasteiger partial charge in [0.2, 0.25) is 0 Å². The van der Waals surface area contributed by atoms with E-state index in [9.17, 15) is 14.7 Å². The Bertz CT molecular complexity index is 968. The molecule has 1 saturated heterocycles. The van der Waals surface area contributed by atoms with E-state index in [4.69, 9.17) is 17.0 Å². The summed E-state index contributed by atoms with van der Waals surface area (Å²) in [5, 5.41) is 11.1. The predicted octanol–water partition coefficient (Wildman–Crippen LogP) is 3.02. The maximum absolute atomic E-state index is 12.9. The number of rotatable bonds is 6. The van der Waals surface area contributed by atoms with E-state index >= 15 is 0 Å². The average Bonchev–Trinajstić information content (AvgIpc) is 2.94. The van der Waals surface area contributed by atoms with Gasteiger partial charge in [-0.25, -0.2) is 0 Å². The van der Waals surface area contributed by atoms with Gasteiger partial charge in [-0.3, -0.25) is 9.69 Å². The highest BCUT2D eigenvalue weighted by Crippen LogP contribution is 2.37. The summed E-state index contributed by atoms with van der Waals surface area (Å²) in [6.45, 7) is 3.97. The third kappa shape index (κ3) is 4.10. The minimum atomic E-state index is -1.31. The fourth-order valence-electron chi connectivity index (χ4n) is 2.48. The highest BCUT2D eigenvalue weighted by atomic mass is 32.2. The third-order valence-electron chi connectivity index (χ3n) is 3.70. The molecule has 1 aliphatic rings. The number of para-hydroxylation sites is 1. The van der Waals surface area contributed by atoms with E-state index in [2.05, 4.69) is 6.58 Å². The number of anilines is 1. The number of hydrogen-bond donors (Lipinski definition) is 0. The largest absolute Gasteiger partial charge is 0.545 e. The molecule has 0 bridgehead atoms. The second-order valence-corrected chi connectivity index (χ2v) is 7.17. The third-order valence-corrected chi connectivity index (χ3v) is 5.00. The summed E-state index contributed by atoms with van der Waals surface area (Å²) in [6, 6.07) is 13.3. The van der Waals surface area contributed by atoms with E-state index in [1.807, 2.05) is 18.2 Å². The zero-order valence-electron chi connectivity index (χ0n) is 14.1. The second kappa shape index (κ2) is 8.20. The molecule has 2 aromatic rings. The van der Waals surface area contributed by atoms with Crippen LogP contribution in [0, 0.1) is 0 Å². The monoisotopic (exact) mass is 396 g/mol. The first kappa shape index (κ1) is 18.9. The molecule has 1 amide bonds. The lowest BCUT2D eigenvalue weighted by molar-refractivity contribution is -0.255. The van der Waals surface area contributed by atoms with E-state index in [1.165, 1.54) is 17.0 Å². The van der Waals surface area contributed by atoms with Gasteiger partial charge in [-0.15, -0.1) is 0 Å². The number of carboxylic acid groups (broad SMARTS) is 1. The summed E-state index contributed by atoms with van der Waals surface area (Å²) in [5.41, 5.74) is 1.11. The maximum Gasteiger partial charge on any atom is 0.270 e. The van der Waals surface area contributed by atoms with E-state index in [0.717, 1.165) is 17.3 Å². The number of amides is 1. The molecule has 2 aromatic carbocycles. The van der Waals surface area contributed by atoms with E-state index < -0.39 is 5.97 Å². The summed E-state index contributed by atoms with van der Waals surface area (Å²) < 4.78 is 5.94. The van der Waals surface area contributed by atoms with Crippen LogP contribution in [0.4, 0.5) is 5.69 Å². The SMILES string of the molecule is C=CCOc1ccccc1/C=C1\SC(=S)N(c2cccc(C(=O)[O-])c2)C1=O. The molecule has 7 heteroatoms. The van der Waals surface area contributed by atoms with E-state index in [0.29, 0.717) is 27.3 Å². The molecule has 0 aromatic heterocycles. The van der Waals surface area contributed by atoms with Gasteiger partial charge >= 0.3 is 0 Å². The number of hydrogen-bond acceptors (Lipinski definition) is 6. The lowest BCUT2D eigenvalue weighted by Crippen LogP contribution is -2.28. The summed E-state index contributed by atoms with van der Waals surface area (Å²) in [7, 11) is 0. The first-order valence-corrected chi connectivity index (χ1v) is 9.16. The molecular formula is C20H14NO4S2-. The molecule has 5 nitrogen and oxygen atoms in total. The molecule has 0 saturated carbocycles. The first-order chi connectivity index (χ1) is 13.0. The Morgan fingerprint density at radius 3 is 2.78 bits per heavy atom. The van der Waals surface area contributed by atoms with Crippen LogP contribution in [0.15, 0.2) is 66.1 Å². The number of carboxylic acids is 1. The minimum absolute atomic E-state index is 0.0197. The van der Waals surface area contributed by atoms with Crippen molar-refractivity contribution in [2.24, 2.45) is 0 Å². The molecule has 1 heterocycles. The number of aromatic carboxylic acids is 1. The maximum atomic E-state index is 12.9. The highest BCUT2D eigenvalue weighted by Gasteiger charge is 2.33. The number of ether oxygens (including phenoxy) is 1. The number of benzene rings is 2. The van der Waals surface area contributed by atoms with Gasteiger partial charge in [-0.2, -0.15) is 0 Å². The number of thioether (sulfide) groups is 1. The molecule has 1 aliphatic heterocycles. The molecular weight excluding hydrogens is 382 g/mol. The van der Waals surface area contributed by atoms with Crippen molar-refractivity contribution in [3.8, 4) is 5.75 Å². The quantitative estimate of drug-likeness (QED) is 0.425. The molecule has 136 valence electrons. The Balaban J connectivity index is 1.93. The van der Waals surface area contributed by atoms with Crippen molar-refractivity contribution < 1.29 is 19.4 Å². The van der Waals surface area contributed by atoms with Crippen LogP contribution in [-0.4, -0.2) is 22.8 Å². The van der Waals surface area contributed by atoms with Gasteiger partial charge in [0.1, 0.15) is 12.4 Å². The Hall–Kier alpha value is -2.90. The molecule has 27 heavy (non-hydrogen) atoms. The molecule has 0 radical (unpaired) electrons. The van der Waals surface area contributed by atoms with Crippen molar-refractivity contribution in [2.45, 2.75) is 0 Å². The summed E-state index contributed by atoms with van der Waals surface area (Å²) in [6.07, 6.45) is 3.35. The topological polar surface area (TPSA) is 69.7 Å². The first-order valence-electron chi connectivity index (χ1n) is 7.93.